The smallest absolute Gasteiger partial charge is 0.247 e. The van der Waals surface area contributed by atoms with Gasteiger partial charge in [0.25, 0.3) is 0 Å². The molecule has 0 unspecified atom stereocenters. The summed E-state index contributed by atoms with van der Waals surface area (Å²) >= 11 is 0. The highest BCUT2D eigenvalue weighted by atomic mass is 16.2. The summed E-state index contributed by atoms with van der Waals surface area (Å²) in [5.41, 5.74) is 2.13. The molecule has 0 spiro atoms. The third-order valence-electron chi connectivity index (χ3n) is 4.02. The Labute approximate surface area is 129 Å². The van der Waals surface area contributed by atoms with Gasteiger partial charge in [-0.1, -0.05) is 22.8 Å². The van der Waals surface area contributed by atoms with E-state index < -0.39 is 0 Å². The Hall–Kier alpha value is -2.44. The summed E-state index contributed by atoms with van der Waals surface area (Å²) in [5.74, 6) is 0.785. The molecule has 0 radical (unpaired) electrons. The largest absolute Gasteiger partial charge is 0.350 e. The van der Waals surface area contributed by atoms with Crippen molar-refractivity contribution in [3.8, 4) is 5.69 Å². The Morgan fingerprint density at radius 1 is 1.23 bits per heavy atom. The number of amides is 1. The zero-order valence-corrected chi connectivity index (χ0v) is 12.9. The Balaban J connectivity index is 1.68. The highest BCUT2D eigenvalue weighted by molar-refractivity contribution is 5.73. The summed E-state index contributed by atoms with van der Waals surface area (Å²) in [6, 6.07) is 8.34. The van der Waals surface area contributed by atoms with E-state index in [4.69, 9.17) is 0 Å². The minimum absolute atomic E-state index is 0.142. The minimum atomic E-state index is 0.142. The van der Waals surface area contributed by atoms with E-state index >= 15 is 0 Å². The SMILES string of the molecule is CC(=O)N1CCC(Nc2nnnn2-c2ccc(C)cc2)CC1. The second-order valence-corrected chi connectivity index (χ2v) is 5.67. The Kier molecular flexibility index (Phi) is 4.04. The van der Waals surface area contributed by atoms with Gasteiger partial charge in [-0.15, -0.1) is 0 Å². The number of rotatable bonds is 3. The molecule has 1 saturated heterocycles. The van der Waals surface area contributed by atoms with Crippen LogP contribution < -0.4 is 5.32 Å². The fourth-order valence-electron chi connectivity index (χ4n) is 2.66. The molecule has 3 rings (SSSR count). The molecule has 22 heavy (non-hydrogen) atoms. The summed E-state index contributed by atoms with van der Waals surface area (Å²) in [5, 5.41) is 15.3. The van der Waals surface area contributed by atoms with Crippen molar-refractivity contribution in [3.05, 3.63) is 29.8 Å². The van der Waals surface area contributed by atoms with Crippen LogP contribution in [0.4, 0.5) is 5.95 Å². The van der Waals surface area contributed by atoms with E-state index in [2.05, 4.69) is 20.8 Å². The van der Waals surface area contributed by atoms with Gasteiger partial charge in [0.2, 0.25) is 11.9 Å². The molecular formula is C15H20N6O. The van der Waals surface area contributed by atoms with Gasteiger partial charge in [0, 0.05) is 26.1 Å². The molecule has 1 amide bonds. The number of tetrazole rings is 1. The topological polar surface area (TPSA) is 75.9 Å². The lowest BCUT2D eigenvalue weighted by atomic mass is 10.1. The number of likely N-dealkylation sites (tertiary alicyclic amines) is 1. The number of aryl methyl sites for hydroxylation is 1. The van der Waals surface area contributed by atoms with E-state index in [0.717, 1.165) is 31.6 Å². The quantitative estimate of drug-likeness (QED) is 0.927. The maximum atomic E-state index is 11.4. The molecule has 0 aliphatic carbocycles. The summed E-state index contributed by atoms with van der Waals surface area (Å²) in [6.07, 6.45) is 1.81. The van der Waals surface area contributed by atoms with Gasteiger partial charge < -0.3 is 10.2 Å². The molecule has 1 aliphatic rings. The molecule has 1 N–H and O–H groups in total. The van der Waals surface area contributed by atoms with Crippen LogP contribution in [-0.4, -0.2) is 50.1 Å². The first-order valence-electron chi connectivity index (χ1n) is 7.51. The second-order valence-electron chi connectivity index (χ2n) is 5.67. The van der Waals surface area contributed by atoms with Gasteiger partial charge in [-0.25, -0.2) is 0 Å². The predicted molar refractivity (Wildman–Crippen MR) is 82.8 cm³/mol. The Morgan fingerprint density at radius 3 is 2.55 bits per heavy atom. The van der Waals surface area contributed by atoms with Crippen molar-refractivity contribution in [2.75, 3.05) is 18.4 Å². The summed E-state index contributed by atoms with van der Waals surface area (Å²) in [6.45, 7) is 5.22. The van der Waals surface area contributed by atoms with Gasteiger partial charge in [-0.3, -0.25) is 4.79 Å². The highest BCUT2D eigenvalue weighted by Crippen LogP contribution is 2.17. The summed E-state index contributed by atoms with van der Waals surface area (Å²) in [7, 11) is 0. The number of carbonyl (C=O) groups excluding carboxylic acids is 1. The number of nitrogens with one attached hydrogen (secondary N) is 1. The molecule has 0 saturated carbocycles. The normalized spacial score (nSPS) is 15.8. The maximum Gasteiger partial charge on any atom is 0.247 e. The highest BCUT2D eigenvalue weighted by Gasteiger charge is 2.22. The number of benzene rings is 1. The number of carbonyl (C=O) groups is 1. The van der Waals surface area contributed by atoms with E-state index in [-0.39, 0.29) is 11.9 Å². The average Bonchev–Trinajstić information content (AvgIpc) is 2.97. The van der Waals surface area contributed by atoms with Gasteiger partial charge in [-0.05, 0) is 42.3 Å². The lowest BCUT2D eigenvalue weighted by Crippen LogP contribution is -2.41. The summed E-state index contributed by atoms with van der Waals surface area (Å²) < 4.78 is 1.71. The first kappa shape index (κ1) is 14.5. The van der Waals surface area contributed by atoms with Crippen molar-refractivity contribution in [1.29, 1.82) is 0 Å². The van der Waals surface area contributed by atoms with Gasteiger partial charge in [0.1, 0.15) is 0 Å². The molecule has 116 valence electrons. The zero-order chi connectivity index (χ0) is 15.5. The molecule has 1 aliphatic heterocycles. The van der Waals surface area contributed by atoms with E-state index in [1.807, 2.05) is 36.1 Å². The third kappa shape index (κ3) is 3.08. The van der Waals surface area contributed by atoms with E-state index in [1.165, 1.54) is 5.56 Å². The van der Waals surface area contributed by atoms with Crippen LogP contribution in [0.25, 0.3) is 5.69 Å². The van der Waals surface area contributed by atoms with Crippen LogP contribution in [0.15, 0.2) is 24.3 Å². The maximum absolute atomic E-state index is 11.4. The lowest BCUT2D eigenvalue weighted by molar-refractivity contribution is -0.129. The molecule has 2 heterocycles. The number of hydrogen-bond donors (Lipinski definition) is 1. The molecule has 7 heteroatoms. The predicted octanol–water partition coefficient (Wildman–Crippen LogP) is 1.39. The zero-order valence-electron chi connectivity index (χ0n) is 12.9. The fraction of sp³-hybridized carbons (Fsp3) is 0.467. The van der Waals surface area contributed by atoms with Crippen LogP contribution in [0.1, 0.15) is 25.3 Å². The van der Waals surface area contributed by atoms with E-state index in [9.17, 15) is 4.79 Å². The van der Waals surface area contributed by atoms with Gasteiger partial charge in [0.15, 0.2) is 0 Å². The second kappa shape index (κ2) is 6.13. The standard InChI is InChI=1S/C15H20N6O/c1-11-3-5-14(6-4-11)21-15(17-18-19-21)16-13-7-9-20(10-8-13)12(2)22/h3-6,13H,7-10H2,1-2H3,(H,16,17,19). The lowest BCUT2D eigenvalue weighted by Gasteiger charge is -2.31. The van der Waals surface area contributed by atoms with Crippen molar-refractivity contribution < 1.29 is 4.79 Å². The van der Waals surface area contributed by atoms with Crippen LogP contribution in [0.2, 0.25) is 0 Å². The Bertz CT molecular complexity index is 642. The van der Waals surface area contributed by atoms with Crippen LogP contribution in [0.5, 0.6) is 0 Å². The Morgan fingerprint density at radius 2 is 1.91 bits per heavy atom. The minimum Gasteiger partial charge on any atom is -0.350 e. The summed E-state index contributed by atoms with van der Waals surface area (Å²) in [4.78, 5) is 13.2. The molecule has 1 aromatic carbocycles. The van der Waals surface area contributed by atoms with Crippen LogP contribution >= 0.6 is 0 Å². The first-order valence-corrected chi connectivity index (χ1v) is 7.51. The molecule has 0 atom stereocenters. The molecule has 2 aromatic rings. The van der Waals surface area contributed by atoms with Crippen molar-refractivity contribution >= 4 is 11.9 Å². The number of nitrogens with zero attached hydrogens (tertiary/aromatic N) is 5. The number of aromatic nitrogens is 4. The van der Waals surface area contributed by atoms with Crippen molar-refractivity contribution in [1.82, 2.24) is 25.1 Å². The van der Waals surface area contributed by atoms with Gasteiger partial charge in [-0.2, -0.15) is 4.68 Å². The number of hydrogen-bond acceptors (Lipinski definition) is 5. The van der Waals surface area contributed by atoms with Crippen molar-refractivity contribution in [2.45, 2.75) is 32.7 Å². The first-order chi connectivity index (χ1) is 10.6. The van der Waals surface area contributed by atoms with E-state index in [1.54, 1.807) is 11.6 Å². The van der Waals surface area contributed by atoms with E-state index in [0.29, 0.717) is 5.95 Å². The number of piperidine rings is 1. The van der Waals surface area contributed by atoms with Crippen molar-refractivity contribution in [3.63, 3.8) is 0 Å². The molecule has 1 fully saturated rings. The van der Waals surface area contributed by atoms with Gasteiger partial charge in [0.05, 0.1) is 5.69 Å². The number of anilines is 1. The van der Waals surface area contributed by atoms with Crippen LogP contribution in [-0.2, 0) is 4.79 Å². The fourth-order valence-corrected chi connectivity index (χ4v) is 2.66. The van der Waals surface area contributed by atoms with Crippen LogP contribution in [0.3, 0.4) is 0 Å². The van der Waals surface area contributed by atoms with Crippen LogP contribution in [0, 0.1) is 6.92 Å². The third-order valence-corrected chi connectivity index (χ3v) is 4.02. The van der Waals surface area contributed by atoms with Gasteiger partial charge >= 0.3 is 0 Å². The molecule has 7 nitrogen and oxygen atoms in total. The molecule has 0 bridgehead atoms. The van der Waals surface area contributed by atoms with Crippen molar-refractivity contribution in [2.24, 2.45) is 0 Å². The molecular weight excluding hydrogens is 280 g/mol. The molecule has 1 aromatic heterocycles. The average molecular weight is 300 g/mol. The monoisotopic (exact) mass is 300 g/mol.